The minimum absolute atomic E-state index is 0.104. The van der Waals surface area contributed by atoms with Crippen molar-refractivity contribution in [2.45, 2.75) is 6.42 Å². The third kappa shape index (κ3) is 5.60. The number of rotatable bonds is 7. The number of nitrogens with one attached hydrogen (secondary N) is 2. The lowest BCUT2D eigenvalue weighted by Crippen LogP contribution is -2.21. The monoisotopic (exact) mass is 375 g/mol. The van der Waals surface area contributed by atoms with Crippen molar-refractivity contribution in [3.8, 4) is 5.75 Å². The Bertz CT molecular complexity index is 941. The van der Waals surface area contributed by atoms with Crippen molar-refractivity contribution in [2.75, 3.05) is 17.2 Å². The summed E-state index contributed by atoms with van der Waals surface area (Å²) in [6.07, 6.45) is 0.729. The maximum atomic E-state index is 12.2. The Morgan fingerprint density at radius 1 is 0.786 bits per heavy atom. The van der Waals surface area contributed by atoms with Gasteiger partial charge in [0.15, 0.2) is 6.61 Å². The summed E-state index contributed by atoms with van der Waals surface area (Å²) in [5, 5.41) is 5.21. The Balaban J connectivity index is 1.57. The fourth-order valence-corrected chi connectivity index (χ4v) is 2.73. The molecule has 6 nitrogen and oxygen atoms in total. The van der Waals surface area contributed by atoms with Crippen LogP contribution in [0.1, 0.15) is 11.1 Å². The molecule has 0 aliphatic carbocycles. The minimum Gasteiger partial charge on any atom is -0.483 e. The lowest BCUT2D eigenvalue weighted by Gasteiger charge is -2.12. The summed E-state index contributed by atoms with van der Waals surface area (Å²) in [5.41, 5.74) is 8.40. The summed E-state index contributed by atoms with van der Waals surface area (Å²) >= 11 is 0. The topological polar surface area (TPSA) is 93.5 Å². The molecular weight excluding hydrogens is 354 g/mol. The fourth-order valence-electron chi connectivity index (χ4n) is 2.73. The van der Waals surface area contributed by atoms with E-state index in [0.717, 1.165) is 12.0 Å². The number of carbonyl (C=O) groups excluding carboxylic acids is 2. The number of para-hydroxylation sites is 1. The number of hydrogen-bond acceptors (Lipinski definition) is 3. The quantitative estimate of drug-likeness (QED) is 0.586. The molecule has 0 aromatic heterocycles. The SMILES string of the molecule is NC(=O)Nc1ccc(NC(=O)COc2ccccc2Cc2ccccc2)cc1. The second kappa shape index (κ2) is 9.23. The summed E-state index contributed by atoms with van der Waals surface area (Å²) < 4.78 is 5.73. The maximum Gasteiger partial charge on any atom is 0.316 e. The molecule has 0 radical (unpaired) electrons. The van der Waals surface area contributed by atoms with Crippen molar-refractivity contribution >= 4 is 23.3 Å². The molecule has 28 heavy (non-hydrogen) atoms. The Hall–Kier alpha value is -3.80. The predicted octanol–water partition coefficient (Wildman–Crippen LogP) is 3.79. The van der Waals surface area contributed by atoms with Crippen molar-refractivity contribution in [1.29, 1.82) is 0 Å². The molecule has 4 N–H and O–H groups in total. The van der Waals surface area contributed by atoms with Gasteiger partial charge < -0.3 is 21.1 Å². The van der Waals surface area contributed by atoms with Crippen LogP contribution in [0.2, 0.25) is 0 Å². The molecule has 3 rings (SSSR count). The Morgan fingerprint density at radius 3 is 2.07 bits per heavy atom. The van der Waals surface area contributed by atoms with Gasteiger partial charge in [-0.25, -0.2) is 4.79 Å². The molecule has 0 unspecified atom stereocenters. The number of hydrogen-bond donors (Lipinski definition) is 3. The third-order valence-electron chi connectivity index (χ3n) is 4.00. The zero-order valence-corrected chi connectivity index (χ0v) is 15.2. The van der Waals surface area contributed by atoms with Crippen LogP contribution in [0.5, 0.6) is 5.75 Å². The molecular formula is C22H21N3O3. The van der Waals surface area contributed by atoms with Crippen LogP contribution in [-0.2, 0) is 11.2 Å². The Labute approximate surface area is 163 Å². The molecule has 0 spiro atoms. The molecule has 0 bridgehead atoms. The molecule has 0 saturated heterocycles. The van der Waals surface area contributed by atoms with Crippen LogP contribution in [-0.4, -0.2) is 18.5 Å². The van der Waals surface area contributed by atoms with Gasteiger partial charge in [0.1, 0.15) is 5.75 Å². The van der Waals surface area contributed by atoms with E-state index >= 15 is 0 Å². The second-order valence-electron chi connectivity index (χ2n) is 6.17. The summed E-state index contributed by atoms with van der Waals surface area (Å²) in [7, 11) is 0. The molecule has 3 amide bonds. The fraction of sp³-hybridized carbons (Fsp3) is 0.0909. The first-order chi connectivity index (χ1) is 13.6. The first kappa shape index (κ1) is 19.0. The van der Waals surface area contributed by atoms with Gasteiger partial charge in [-0.2, -0.15) is 0 Å². The van der Waals surface area contributed by atoms with Gasteiger partial charge in [-0.1, -0.05) is 48.5 Å². The Morgan fingerprint density at radius 2 is 1.39 bits per heavy atom. The van der Waals surface area contributed by atoms with Gasteiger partial charge in [-0.05, 0) is 41.5 Å². The molecule has 0 aliphatic rings. The number of ether oxygens (including phenoxy) is 1. The van der Waals surface area contributed by atoms with Gasteiger partial charge in [0.2, 0.25) is 0 Å². The zero-order chi connectivity index (χ0) is 19.8. The first-order valence-electron chi connectivity index (χ1n) is 8.81. The van der Waals surface area contributed by atoms with Crippen molar-refractivity contribution < 1.29 is 14.3 Å². The number of amides is 3. The van der Waals surface area contributed by atoms with E-state index in [2.05, 4.69) is 22.8 Å². The average Bonchev–Trinajstić information content (AvgIpc) is 2.69. The molecule has 0 fully saturated rings. The van der Waals surface area contributed by atoms with E-state index in [1.807, 2.05) is 42.5 Å². The van der Waals surface area contributed by atoms with E-state index in [0.29, 0.717) is 17.1 Å². The summed E-state index contributed by atoms with van der Waals surface area (Å²) in [6.45, 7) is -0.104. The summed E-state index contributed by atoms with van der Waals surface area (Å²) in [5.74, 6) is 0.410. The molecule has 142 valence electrons. The van der Waals surface area contributed by atoms with Crippen LogP contribution in [0.15, 0.2) is 78.9 Å². The first-order valence-corrected chi connectivity index (χ1v) is 8.81. The molecule has 0 aliphatic heterocycles. The molecule has 3 aromatic carbocycles. The molecule has 6 heteroatoms. The van der Waals surface area contributed by atoms with Crippen molar-refractivity contribution in [3.63, 3.8) is 0 Å². The van der Waals surface area contributed by atoms with Crippen LogP contribution in [0, 0.1) is 0 Å². The number of anilines is 2. The van der Waals surface area contributed by atoms with Crippen LogP contribution < -0.4 is 21.1 Å². The average molecular weight is 375 g/mol. The number of carbonyl (C=O) groups is 2. The van der Waals surface area contributed by atoms with Crippen LogP contribution in [0.4, 0.5) is 16.2 Å². The largest absolute Gasteiger partial charge is 0.483 e. The van der Waals surface area contributed by atoms with Crippen molar-refractivity contribution in [2.24, 2.45) is 5.73 Å². The van der Waals surface area contributed by atoms with Gasteiger partial charge in [-0.3, -0.25) is 4.79 Å². The third-order valence-corrected chi connectivity index (χ3v) is 4.00. The summed E-state index contributed by atoms with van der Waals surface area (Å²) in [4.78, 5) is 23.0. The smallest absolute Gasteiger partial charge is 0.316 e. The molecule has 3 aromatic rings. The van der Waals surface area contributed by atoms with Crippen LogP contribution >= 0.6 is 0 Å². The minimum atomic E-state index is -0.639. The molecule has 0 heterocycles. The normalized spacial score (nSPS) is 10.1. The maximum absolute atomic E-state index is 12.2. The summed E-state index contributed by atoms with van der Waals surface area (Å²) in [6, 6.07) is 23.8. The van der Waals surface area contributed by atoms with Gasteiger partial charge in [-0.15, -0.1) is 0 Å². The van der Waals surface area contributed by atoms with Gasteiger partial charge in [0, 0.05) is 17.8 Å². The van der Waals surface area contributed by atoms with E-state index in [-0.39, 0.29) is 12.5 Å². The van der Waals surface area contributed by atoms with E-state index in [1.54, 1.807) is 24.3 Å². The molecule has 0 atom stereocenters. The standard InChI is InChI=1S/C22H21N3O3/c23-22(27)25-19-12-10-18(11-13-19)24-21(26)15-28-20-9-5-4-8-17(20)14-16-6-2-1-3-7-16/h1-13H,14-15H2,(H,24,26)(H3,23,25,27). The van der Waals surface area contributed by atoms with Crippen molar-refractivity contribution in [3.05, 3.63) is 90.0 Å². The van der Waals surface area contributed by atoms with Crippen LogP contribution in [0.25, 0.3) is 0 Å². The second-order valence-corrected chi connectivity index (χ2v) is 6.17. The predicted molar refractivity (Wildman–Crippen MR) is 109 cm³/mol. The molecule has 0 saturated carbocycles. The number of primary amides is 1. The van der Waals surface area contributed by atoms with Crippen molar-refractivity contribution in [1.82, 2.24) is 0 Å². The highest BCUT2D eigenvalue weighted by Gasteiger charge is 2.08. The highest BCUT2D eigenvalue weighted by atomic mass is 16.5. The number of benzene rings is 3. The van der Waals surface area contributed by atoms with Gasteiger partial charge >= 0.3 is 6.03 Å². The zero-order valence-electron chi connectivity index (χ0n) is 15.2. The van der Waals surface area contributed by atoms with Gasteiger partial charge in [0.05, 0.1) is 0 Å². The highest BCUT2D eigenvalue weighted by Crippen LogP contribution is 2.21. The number of urea groups is 1. The van der Waals surface area contributed by atoms with E-state index in [1.165, 1.54) is 5.56 Å². The van der Waals surface area contributed by atoms with Crippen LogP contribution in [0.3, 0.4) is 0 Å². The number of nitrogens with two attached hydrogens (primary N) is 1. The van der Waals surface area contributed by atoms with E-state index in [9.17, 15) is 9.59 Å². The van der Waals surface area contributed by atoms with E-state index < -0.39 is 6.03 Å². The van der Waals surface area contributed by atoms with E-state index in [4.69, 9.17) is 10.5 Å². The Kier molecular flexibility index (Phi) is 6.25. The van der Waals surface area contributed by atoms with Gasteiger partial charge in [0.25, 0.3) is 5.91 Å². The lowest BCUT2D eigenvalue weighted by atomic mass is 10.0. The lowest BCUT2D eigenvalue weighted by molar-refractivity contribution is -0.118. The highest BCUT2D eigenvalue weighted by molar-refractivity contribution is 5.92.